The molecule has 2 aromatic carbocycles. The Morgan fingerprint density at radius 2 is 1.71 bits per heavy atom. The molecule has 4 heteroatoms. The number of hydrogen-bond donors (Lipinski definition) is 0. The van der Waals surface area contributed by atoms with Crippen molar-refractivity contribution in [1.29, 1.82) is 0 Å². The minimum atomic E-state index is -3.32. The zero-order chi connectivity index (χ0) is 12.5. The number of sulfone groups is 1. The number of halogens is 1. The molecule has 0 aliphatic heterocycles. The largest absolute Gasteiger partial charge is 0.224 e. The summed E-state index contributed by atoms with van der Waals surface area (Å²) in [7, 11) is -3.32. The molecule has 0 amide bonds. The maximum Gasteiger partial charge on any atom is 0.176 e. The Morgan fingerprint density at radius 1 is 1.00 bits per heavy atom. The fraction of sp³-hybridized carbons (Fsp3) is 0.0769. The van der Waals surface area contributed by atoms with Gasteiger partial charge in [-0.25, -0.2) is 12.8 Å². The van der Waals surface area contributed by atoms with Crippen molar-refractivity contribution in [3.8, 4) is 11.1 Å². The van der Waals surface area contributed by atoms with Crippen molar-refractivity contribution < 1.29 is 12.8 Å². The summed E-state index contributed by atoms with van der Waals surface area (Å²) in [5.41, 5.74) is 1.08. The SMILES string of the molecule is CS(=O)(=O)c1ccccc1-c1cccc(F)c1. The van der Waals surface area contributed by atoms with Crippen LogP contribution in [0.4, 0.5) is 4.39 Å². The average molecular weight is 250 g/mol. The first-order chi connectivity index (χ1) is 7.98. The number of rotatable bonds is 2. The molecule has 0 spiro atoms. The normalized spacial score (nSPS) is 11.4. The molecule has 0 bridgehead atoms. The Kier molecular flexibility index (Phi) is 2.98. The summed E-state index contributed by atoms with van der Waals surface area (Å²) >= 11 is 0. The van der Waals surface area contributed by atoms with Crippen molar-refractivity contribution in [2.75, 3.05) is 6.26 Å². The second-order valence-electron chi connectivity index (χ2n) is 3.78. The van der Waals surface area contributed by atoms with Crippen LogP contribution >= 0.6 is 0 Å². The van der Waals surface area contributed by atoms with Crippen LogP contribution < -0.4 is 0 Å². The topological polar surface area (TPSA) is 34.1 Å². The molecule has 17 heavy (non-hydrogen) atoms. The molecule has 2 nitrogen and oxygen atoms in total. The van der Waals surface area contributed by atoms with Crippen molar-refractivity contribution in [3.05, 3.63) is 54.3 Å². The molecule has 0 aliphatic rings. The van der Waals surface area contributed by atoms with Crippen molar-refractivity contribution in [2.45, 2.75) is 4.90 Å². The van der Waals surface area contributed by atoms with Gasteiger partial charge in [0.25, 0.3) is 0 Å². The van der Waals surface area contributed by atoms with Gasteiger partial charge < -0.3 is 0 Å². The maximum atomic E-state index is 13.1. The lowest BCUT2D eigenvalue weighted by molar-refractivity contribution is 0.602. The highest BCUT2D eigenvalue weighted by Gasteiger charge is 2.13. The van der Waals surface area contributed by atoms with Crippen molar-refractivity contribution in [2.24, 2.45) is 0 Å². The van der Waals surface area contributed by atoms with E-state index in [1.54, 1.807) is 30.3 Å². The zero-order valence-corrected chi connectivity index (χ0v) is 10.0. The minimum Gasteiger partial charge on any atom is -0.224 e. The molecular formula is C13H11FO2S. The van der Waals surface area contributed by atoms with Gasteiger partial charge in [0.1, 0.15) is 5.82 Å². The Hall–Kier alpha value is -1.68. The molecule has 0 radical (unpaired) electrons. The molecule has 0 atom stereocenters. The van der Waals surface area contributed by atoms with E-state index in [0.29, 0.717) is 11.1 Å². The molecule has 0 unspecified atom stereocenters. The van der Waals surface area contributed by atoms with Crippen LogP contribution in [0.2, 0.25) is 0 Å². The lowest BCUT2D eigenvalue weighted by Gasteiger charge is -2.07. The van der Waals surface area contributed by atoms with E-state index in [1.165, 1.54) is 18.2 Å². The summed E-state index contributed by atoms with van der Waals surface area (Å²) in [4.78, 5) is 0.214. The molecule has 0 N–H and O–H groups in total. The van der Waals surface area contributed by atoms with Crippen LogP contribution in [-0.4, -0.2) is 14.7 Å². The molecule has 2 rings (SSSR count). The van der Waals surface area contributed by atoms with Gasteiger partial charge in [-0.2, -0.15) is 0 Å². The smallest absolute Gasteiger partial charge is 0.176 e. The van der Waals surface area contributed by atoms with Gasteiger partial charge in [-0.15, -0.1) is 0 Å². The van der Waals surface area contributed by atoms with Gasteiger partial charge in [-0.05, 0) is 23.8 Å². The third kappa shape index (κ3) is 2.53. The van der Waals surface area contributed by atoms with Crippen LogP contribution in [0.5, 0.6) is 0 Å². The lowest BCUT2D eigenvalue weighted by Crippen LogP contribution is -1.99. The number of hydrogen-bond acceptors (Lipinski definition) is 2. The summed E-state index contributed by atoms with van der Waals surface area (Å²) < 4.78 is 36.4. The predicted molar refractivity (Wildman–Crippen MR) is 64.9 cm³/mol. The summed E-state index contributed by atoms with van der Waals surface area (Å²) in [6, 6.07) is 12.5. The van der Waals surface area contributed by atoms with E-state index >= 15 is 0 Å². The van der Waals surface area contributed by atoms with E-state index in [-0.39, 0.29) is 10.7 Å². The molecule has 0 saturated heterocycles. The second-order valence-corrected chi connectivity index (χ2v) is 5.76. The fourth-order valence-electron chi connectivity index (χ4n) is 1.68. The third-order valence-electron chi connectivity index (χ3n) is 2.42. The first kappa shape index (κ1) is 11.8. The highest BCUT2D eigenvalue weighted by Crippen LogP contribution is 2.27. The molecule has 0 aliphatic carbocycles. The van der Waals surface area contributed by atoms with E-state index < -0.39 is 9.84 Å². The third-order valence-corrected chi connectivity index (χ3v) is 3.58. The van der Waals surface area contributed by atoms with E-state index in [1.807, 2.05) is 0 Å². The van der Waals surface area contributed by atoms with Crippen LogP contribution in [-0.2, 0) is 9.84 Å². The van der Waals surface area contributed by atoms with E-state index in [4.69, 9.17) is 0 Å². The van der Waals surface area contributed by atoms with Crippen LogP contribution in [0, 0.1) is 5.82 Å². The zero-order valence-electron chi connectivity index (χ0n) is 9.22. The first-order valence-electron chi connectivity index (χ1n) is 5.03. The Balaban J connectivity index is 2.69. The Bertz CT molecular complexity index is 648. The molecule has 0 aromatic heterocycles. The van der Waals surface area contributed by atoms with Gasteiger partial charge in [0.15, 0.2) is 9.84 Å². The summed E-state index contributed by atoms with van der Waals surface area (Å²) in [6.45, 7) is 0. The molecule has 2 aromatic rings. The fourth-order valence-corrected chi connectivity index (χ4v) is 2.60. The predicted octanol–water partition coefficient (Wildman–Crippen LogP) is 2.90. The molecule has 88 valence electrons. The second kappa shape index (κ2) is 4.30. The standard InChI is InChI=1S/C13H11FO2S/c1-17(15,16)13-8-3-2-7-12(13)10-5-4-6-11(14)9-10/h2-9H,1H3. The van der Waals surface area contributed by atoms with Gasteiger partial charge in [0.2, 0.25) is 0 Å². The summed E-state index contributed by atoms with van der Waals surface area (Å²) in [5.74, 6) is -0.384. The molecular weight excluding hydrogens is 239 g/mol. The maximum absolute atomic E-state index is 13.1. The van der Waals surface area contributed by atoms with Gasteiger partial charge in [-0.1, -0.05) is 30.3 Å². The van der Waals surface area contributed by atoms with Gasteiger partial charge in [0.05, 0.1) is 4.90 Å². The monoisotopic (exact) mass is 250 g/mol. The molecule has 0 saturated carbocycles. The quantitative estimate of drug-likeness (QED) is 0.821. The van der Waals surface area contributed by atoms with Crippen LogP contribution in [0.1, 0.15) is 0 Å². The van der Waals surface area contributed by atoms with Crippen molar-refractivity contribution in [1.82, 2.24) is 0 Å². The van der Waals surface area contributed by atoms with Crippen LogP contribution in [0.25, 0.3) is 11.1 Å². The van der Waals surface area contributed by atoms with E-state index in [0.717, 1.165) is 6.26 Å². The highest BCUT2D eigenvalue weighted by atomic mass is 32.2. The first-order valence-corrected chi connectivity index (χ1v) is 6.92. The van der Waals surface area contributed by atoms with Gasteiger partial charge in [0, 0.05) is 11.8 Å². The number of benzene rings is 2. The lowest BCUT2D eigenvalue weighted by atomic mass is 10.1. The van der Waals surface area contributed by atoms with Crippen LogP contribution in [0.15, 0.2) is 53.4 Å². The minimum absolute atomic E-state index is 0.214. The average Bonchev–Trinajstić information content (AvgIpc) is 2.28. The Labute approximate surface area is 99.6 Å². The molecule has 0 fully saturated rings. The Morgan fingerprint density at radius 3 is 2.35 bits per heavy atom. The molecule has 0 heterocycles. The van der Waals surface area contributed by atoms with Gasteiger partial charge in [-0.3, -0.25) is 0 Å². The van der Waals surface area contributed by atoms with Crippen molar-refractivity contribution in [3.63, 3.8) is 0 Å². The van der Waals surface area contributed by atoms with E-state index in [9.17, 15) is 12.8 Å². The summed E-state index contributed by atoms with van der Waals surface area (Å²) in [5, 5.41) is 0. The van der Waals surface area contributed by atoms with Crippen molar-refractivity contribution >= 4 is 9.84 Å². The van der Waals surface area contributed by atoms with Crippen LogP contribution in [0.3, 0.4) is 0 Å². The van der Waals surface area contributed by atoms with Gasteiger partial charge >= 0.3 is 0 Å². The van der Waals surface area contributed by atoms with E-state index in [2.05, 4.69) is 0 Å². The highest BCUT2D eigenvalue weighted by molar-refractivity contribution is 7.90. The summed E-state index contributed by atoms with van der Waals surface area (Å²) in [6.07, 6.45) is 1.14.